The van der Waals surface area contributed by atoms with Gasteiger partial charge in [-0.05, 0) is 25.7 Å². The van der Waals surface area contributed by atoms with Crippen LogP contribution < -0.4 is 5.32 Å². The normalized spacial score (nSPS) is 19.9. The van der Waals surface area contributed by atoms with Gasteiger partial charge in [0, 0.05) is 6.42 Å². The highest BCUT2D eigenvalue weighted by Gasteiger charge is 2.29. The Morgan fingerprint density at radius 3 is 2.43 bits per heavy atom. The van der Waals surface area contributed by atoms with Gasteiger partial charge >= 0.3 is 5.97 Å². The van der Waals surface area contributed by atoms with Crippen LogP contribution in [0.5, 0.6) is 0 Å². The number of aliphatic hydroxyl groups is 1. The molecule has 0 heterocycles. The van der Waals surface area contributed by atoms with Gasteiger partial charge in [0.25, 0.3) is 0 Å². The van der Waals surface area contributed by atoms with E-state index in [1.165, 1.54) is 6.92 Å². The number of carbonyl (C=O) groups excluding carboxylic acids is 1. The minimum Gasteiger partial charge on any atom is -0.480 e. The largest absolute Gasteiger partial charge is 0.480 e. The van der Waals surface area contributed by atoms with Crippen LogP contribution in [0.4, 0.5) is 0 Å². The second kappa shape index (κ2) is 4.41. The summed E-state index contributed by atoms with van der Waals surface area (Å²) in [5.41, 5.74) is 0. The minimum absolute atomic E-state index is 0.291. The first-order chi connectivity index (χ1) is 6.50. The van der Waals surface area contributed by atoms with Crippen LogP contribution >= 0.6 is 0 Å². The molecular weight excluding hydrogens is 186 g/mol. The number of hydrogen-bond donors (Lipinski definition) is 3. The fourth-order valence-corrected chi connectivity index (χ4v) is 1.21. The number of aliphatic hydroxyl groups excluding tert-OH is 1. The number of amides is 1. The molecule has 0 aliphatic heterocycles. The molecule has 0 saturated heterocycles. The predicted octanol–water partition coefficient (Wildman–Crippen LogP) is -0.263. The third-order valence-electron chi connectivity index (χ3n) is 2.24. The van der Waals surface area contributed by atoms with E-state index in [4.69, 9.17) is 10.2 Å². The van der Waals surface area contributed by atoms with Gasteiger partial charge in [0.05, 0.1) is 6.10 Å². The maximum atomic E-state index is 11.2. The van der Waals surface area contributed by atoms with Crippen molar-refractivity contribution < 1.29 is 19.8 Å². The van der Waals surface area contributed by atoms with Gasteiger partial charge in [-0.15, -0.1) is 0 Å². The summed E-state index contributed by atoms with van der Waals surface area (Å²) in [4.78, 5) is 21.8. The maximum absolute atomic E-state index is 11.2. The zero-order valence-corrected chi connectivity index (χ0v) is 8.06. The molecule has 1 aliphatic rings. The average molecular weight is 201 g/mol. The number of carboxylic acids is 1. The molecule has 2 atom stereocenters. The van der Waals surface area contributed by atoms with Gasteiger partial charge in [-0.3, -0.25) is 4.79 Å². The summed E-state index contributed by atoms with van der Waals surface area (Å²) in [5.74, 6) is -1.08. The van der Waals surface area contributed by atoms with Crippen LogP contribution in [-0.4, -0.2) is 34.2 Å². The first-order valence-corrected chi connectivity index (χ1v) is 4.71. The number of nitrogens with one attached hydrogen (secondary N) is 1. The van der Waals surface area contributed by atoms with Crippen molar-refractivity contribution in [1.29, 1.82) is 0 Å². The van der Waals surface area contributed by atoms with Crippen molar-refractivity contribution in [2.75, 3.05) is 0 Å². The predicted molar refractivity (Wildman–Crippen MR) is 48.6 cm³/mol. The van der Waals surface area contributed by atoms with Crippen LogP contribution in [0.25, 0.3) is 0 Å². The molecule has 5 nitrogen and oxygen atoms in total. The fraction of sp³-hybridized carbons (Fsp3) is 0.778. The van der Waals surface area contributed by atoms with Crippen molar-refractivity contribution in [1.82, 2.24) is 5.32 Å². The van der Waals surface area contributed by atoms with Crippen molar-refractivity contribution in [3.8, 4) is 0 Å². The molecule has 0 bridgehead atoms. The van der Waals surface area contributed by atoms with Crippen LogP contribution in [0.1, 0.15) is 26.2 Å². The van der Waals surface area contributed by atoms with E-state index >= 15 is 0 Å². The second-order valence-electron chi connectivity index (χ2n) is 3.77. The maximum Gasteiger partial charge on any atom is 0.328 e. The Morgan fingerprint density at radius 1 is 1.50 bits per heavy atom. The molecule has 1 amide bonds. The zero-order chi connectivity index (χ0) is 10.7. The van der Waals surface area contributed by atoms with Crippen LogP contribution in [0.15, 0.2) is 0 Å². The summed E-state index contributed by atoms with van der Waals surface area (Å²) in [6.45, 7) is 1.34. The number of aliphatic carboxylic acids is 1. The van der Waals surface area contributed by atoms with E-state index in [0.717, 1.165) is 12.8 Å². The quantitative estimate of drug-likeness (QED) is 0.571. The first kappa shape index (κ1) is 11.0. The monoisotopic (exact) mass is 201 g/mol. The van der Waals surface area contributed by atoms with Crippen molar-refractivity contribution in [3.05, 3.63) is 0 Å². The molecule has 5 heteroatoms. The van der Waals surface area contributed by atoms with Gasteiger partial charge < -0.3 is 15.5 Å². The number of rotatable bonds is 5. The third-order valence-corrected chi connectivity index (χ3v) is 2.24. The summed E-state index contributed by atoms with van der Waals surface area (Å²) in [6.07, 6.45) is 1.38. The summed E-state index contributed by atoms with van der Waals surface area (Å²) < 4.78 is 0. The van der Waals surface area contributed by atoms with E-state index in [1.807, 2.05) is 0 Å². The molecule has 2 unspecified atom stereocenters. The Labute approximate surface area is 82.1 Å². The van der Waals surface area contributed by atoms with Crippen LogP contribution in [-0.2, 0) is 9.59 Å². The lowest BCUT2D eigenvalue weighted by molar-refractivity contribution is -0.144. The van der Waals surface area contributed by atoms with Gasteiger partial charge in [-0.2, -0.15) is 0 Å². The Morgan fingerprint density at radius 2 is 2.07 bits per heavy atom. The van der Waals surface area contributed by atoms with Gasteiger partial charge in [0.2, 0.25) is 5.91 Å². The average Bonchev–Trinajstić information content (AvgIpc) is 2.82. The molecule has 1 fully saturated rings. The third kappa shape index (κ3) is 3.33. The van der Waals surface area contributed by atoms with Gasteiger partial charge in [0.1, 0.15) is 0 Å². The SMILES string of the molecule is CC(O)C(NC(=O)CC1CC1)C(=O)O. The number of hydrogen-bond acceptors (Lipinski definition) is 3. The van der Waals surface area contributed by atoms with Crippen LogP contribution in [0, 0.1) is 5.92 Å². The van der Waals surface area contributed by atoms with Crippen molar-refractivity contribution in [3.63, 3.8) is 0 Å². The molecule has 3 N–H and O–H groups in total. The highest BCUT2D eigenvalue weighted by molar-refractivity contribution is 5.84. The second-order valence-corrected chi connectivity index (χ2v) is 3.77. The standard InChI is InChI=1S/C9H15NO4/c1-5(11)8(9(13)14)10-7(12)4-6-2-3-6/h5-6,8,11H,2-4H2,1H3,(H,10,12)(H,13,14). The molecule has 0 spiro atoms. The molecule has 14 heavy (non-hydrogen) atoms. The van der Waals surface area contributed by atoms with E-state index in [1.54, 1.807) is 0 Å². The molecule has 0 aromatic carbocycles. The van der Waals surface area contributed by atoms with E-state index in [0.29, 0.717) is 12.3 Å². The Kier molecular flexibility index (Phi) is 3.46. The minimum atomic E-state index is -1.20. The summed E-state index contributed by atoms with van der Waals surface area (Å²) in [5, 5.41) is 20.1. The van der Waals surface area contributed by atoms with Gasteiger partial charge in [0.15, 0.2) is 6.04 Å². The van der Waals surface area contributed by atoms with Crippen LogP contribution in [0.2, 0.25) is 0 Å². The number of carbonyl (C=O) groups is 2. The summed E-state index contributed by atoms with van der Waals surface area (Å²) in [7, 11) is 0. The van der Waals surface area contributed by atoms with E-state index < -0.39 is 18.1 Å². The molecule has 0 radical (unpaired) electrons. The molecule has 0 aromatic rings. The van der Waals surface area contributed by atoms with E-state index in [-0.39, 0.29) is 5.91 Å². The smallest absolute Gasteiger partial charge is 0.328 e. The lowest BCUT2D eigenvalue weighted by Crippen LogP contribution is -2.47. The molecule has 80 valence electrons. The van der Waals surface area contributed by atoms with Crippen molar-refractivity contribution in [2.45, 2.75) is 38.3 Å². The van der Waals surface area contributed by atoms with E-state index in [2.05, 4.69) is 5.32 Å². The lowest BCUT2D eigenvalue weighted by Gasteiger charge is -2.16. The Balaban J connectivity index is 2.37. The fourth-order valence-electron chi connectivity index (χ4n) is 1.21. The molecule has 0 aromatic heterocycles. The van der Waals surface area contributed by atoms with Crippen molar-refractivity contribution >= 4 is 11.9 Å². The van der Waals surface area contributed by atoms with Crippen molar-refractivity contribution in [2.24, 2.45) is 5.92 Å². The summed E-state index contributed by atoms with van der Waals surface area (Å²) >= 11 is 0. The topological polar surface area (TPSA) is 86.6 Å². The Bertz CT molecular complexity index is 235. The van der Waals surface area contributed by atoms with Gasteiger partial charge in [-0.25, -0.2) is 4.79 Å². The number of carboxylic acid groups (broad SMARTS) is 1. The lowest BCUT2D eigenvalue weighted by atomic mass is 10.1. The van der Waals surface area contributed by atoms with Crippen LogP contribution in [0.3, 0.4) is 0 Å². The zero-order valence-electron chi connectivity index (χ0n) is 8.06. The molecule has 1 saturated carbocycles. The highest BCUT2D eigenvalue weighted by Crippen LogP contribution is 2.32. The molecular formula is C9H15NO4. The summed E-state index contributed by atoms with van der Waals surface area (Å²) in [6, 6.07) is -1.19. The highest BCUT2D eigenvalue weighted by atomic mass is 16.4. The van der Waals surface area contributed by atoms with E-state index in [9.17, 15) is 9.59 Å². The first-order valence-electron chi connectivity index (χ1n) is 4.71. The molecule has 1 rings (SSSR count). The van der Waals surface area contributed by atoms with Gasteiger partial charge in [-0.1, -0.05) is 0 Å². The molecule has 1 aliphatic carbocycles. The Hall–Kier alpha value is -1.10.